The van der Waals surface area contributed by atoms with Crippen LogP contribution in [0.1, 0.15) is 78.6 Å². The third-order valence-electron chi connectivity index (χ3n) is 6.83. The molecule has 6 atom stereocenters. The first-order valence-corrected chi connectivity index (χ1v) is 10.8. The lowest BCUT2D eigenvalue weighted by molar-refractivity contribution is 0.292. The molecular formula is C23H37FN2. The first kappa shape index (κ1) is 19.8. The van der Waals surface area contributed by atoms with Gasteiger partial charge in [0.2, 0.25) is 0 Å². The molecule has 3 heteroatoms. The highest BCUT2D eigenvalue weighted by Gasteiger charge is 2.43. The van der Waals surface area contributed by atoms with Crippen LogP contribution >= 0.6 is 0 Å². The molecule has 2 fully saturated rings. The largest absolute Gasteiger partial charge is 0.320 e. The number of fused-ring (bicyclic) bond motifs is 2. The van der Waals surface area contributed by atoms with Gasteiger partial charge in [0.1, 0.15) is 0 Å². The van der Waals surface area contributed by atoms with Gasteiger partial charge in [-0.05, 0) is 83.0 Å². The van der Waals surface area contributed by atoms with Crippen molar-refractivity contribution in [2.24, 2.45) is 34.4 Å². The summed E-state index contributed by atoms with van der Waals surface area (Å²) in [6.07, 6.45) is 14.2. The Balaban J connectivity index is 1.83. The van der Waals surface area contributed by atoms with Gasteiger partial charge in [-0.15, -0.1) is 0 Å². The number of hydrogen-bond donors (Lipinski definition) is 1. The summed E-state index contributed by atoms with van der Waals surface area (Å²) in [4.78, 5) is 5.07. The van der Waals surface area contributed by atoms with E-state index in [0.717, 1.165) is 36.8 Å². The van der Waals surface area contributed by atoms with Crippen LogP contribution in [0.4, 0.5) is 4.39 Å². The fourth-order valence-corrected chi connectivity index (χ4v) is 5.47. The molecule has 2 saturated carbocycles. The zero-order chi connectivity index (χ0) is 18.7. The number of rotatable bonds is 5. The van der Waals surface area contributed by atoms with Crippen LogP contribution in [0.25, 0.3) is 0 Å². The quantitative estimate of drug-likeness (QED) is 0.602. The minimum Gasteiger partial charge on any atom is -0.320 e. The second-order valence-electron chi connectivity index (χ2n) is 9.03. The van der Waals surface area contributed by atoms with Gasteiger partial charge in [0.05, 0.1) is 12.2 Å². The molecule has 0 saturated heterocycles. The first-order valence-electron chi connectivity index (χ1n) is 10.8. The number of alkyl halides is 1. The highest BCUT2D eigenvalue weighted by atomic mass is 19.1. The van der Waals surface area contributed by atoms with Gasteiger partial charge in [-0.25, -0.2) is 4.39 Å². The molecule has 3 aliphatic rings. The highest BCUT2D eigenvalue weighted by Crippen LogP contribution is 2.48. The zero-order valence-corrected chi connectivity index (χ0v) is 16.9. The van der Waals surface area contributed by atoms with Crippen molar-refractivity contribution in [2.75, 3.05) is 0 Å². The van der Waals surface area contributed by atoms with E-state index in [9.17, 15) is 4.39 Å². The van der Waals surface area contributed by atoms with Gasteiger partial charge in [0.15, 0.2) is 0 Å². The van der Waals surface area contributed by atoms with Gasteiger partial charge in [-0.3, -0.25) is 4.99 Å². The molecule has 0 amide bonds. The van der Waals surface area contributed by atoms with E-state index in [1.807, 2.05) is 0 Å². The van der Waals surface area contributed by atoms with Gasteiger partial charge in [0, 0.05) is 17.3 Å². The van der Waals surface area contributed by atoms with Gasteiger partial charge >= 0.3 is 0 Å². The number of nitrogens with zero attached hydrogens (tertiary/aromatic N) is 1. The SMILES string of the molecule is CC1=CCC/C(=C/C(C)CCC(C)F)C(N)C(C2C3CCC[C@@H]2CC3)=N1. The summed E-state index contributed by atoms with van der Waals surface area (Å²) in [7, 11) is 0. The Morgan fingerprint density at radius 1 is 1.19 bits per heavy atom. The van der Waals surface area contributed by atoms with Crippen molar-refractivity contribution < 1.29 is 4.39 Å². The van der Waals surface area contributed by atoms with Crippen molar-refractivity contribution in [3.05, 3.63) is 23.4 Å². The van der Waals surface area contributed by atoms with Crippen LogP contribution in [-0.2, 0) is 0 Å². The summed E-state index contributed by atoms with van der Waals surface area (Å²) in [6.45, 7) is 5.97. The molecule has 26 heavy (non-hydrogen) atoms. The maximum absolute atomic E-state index is 13.2. The van der Waals surface area contributed by atoms with E-state index in [2.05, 4.69) is 26.0 Å². The summed E-state index contributed by atoms with van der Waals surface area (Å²) >= 11 is 0. The first-order chi connectivity index (χ1) is 12.5. The average molecular weight is 361 g/mol. The van der Waals surface area contributed by atoms with Crippen molar-refractivity contribution in [3.63, 3.8) is 0 Å². The van der Waals surface area contributed by atoms with E-state index in [1.54, 1.807) is 6.92 Å². The van der Waals surface area contributed by atoms with E-state index in [4.69, 9.17) is 10.7 Å². The molecule has 2 aliphatic carbocycles. The minimum atomic E-state index is -0.720. The molecule has 2 bridgehead atoms. The molecule has 3 rings (SSSR count). The normalized spacial score (nSPS) is 36.1. The molecule has 146 valence electrons. The Kier molecular flexibility index (Phi) is 6.71. The number of nitrogens with two attached hydrogens (primary N) is 1. The Labute approximate surface area is 159 Å². The van der Waals surface area contributed by atoms with Gasteiger partial charge in [-0.2, -0.15) is 0 Å². The minimum absolute atomic E-state index is 0.0462. The number of halogens is 1. The molecule has 2 nitrogen and oxygen atoms in total. The van der Waals surface area contributed by atoms with Crippen molar-refractivity contribution in [1.29, 1.82) is 0 Å². The smallest absolute Gasteiger partial charge is 0.0973 e. The third-order valence-corrected chi connectivity index (χ3v) is 6.83. The molecule has 1 aliphatic heterocycles. The zero-order valence-electron chi connectivity index (χ0n) is 16.9. The lowest BCUT2D eigenvalue weighted by Gasteiger charge is -2.35. The average Bonchev–Trinajstić information content (AvgIpc) is 2.83. The van der Waals surface area contributed by atoms with Gasteiger partial charge in [0.25, 0.3) is 0 Å². The summed E-state index contributed by atoms with van der Waals surface area (Å²) in [5.74, 6) is 2.54. The van der Waals surface area contributed by atoms with Gasteiger partial charge < -0.3 is 5.73 Å². The van der Waals surface area contributed by atoms with Crippen LogP contribution in [0.2, 0.25) is 0 Å². The van der Waals surface area contributed by atoms with Crippen LogP contribution in [0.5, 0.6) is 0 Å². The third kappa shape index (κ3) is 4.65. The number of aliphatic imine (C=N–C) groups is 1. The predicted octanol–water partition coefficient (Wildman–Crippen LogP) is 5.98. The second kappa shape index (κ2) is 8.82. The standard InChI is InChI=1S/C23H37FN2/c1-15(10-11-16(2)24)14-20-9-4-6-17(3)26-23(22(20)25)21-18-7-5-8-19(21)13-12-18/h6,14-16,18-19,21-22H,4-5,7-13,25H2,1-3H3/b17-6?,20-14-,26-23?/t15?,16?,18-,19?,21?,22?/m1/s1. The number of allylic oxidation sites excluding steroid dienone is 3. The van der Waals surface area contributed by atoms with Crippen molar-refractivity contribution in [3.8, 4) is 0 Å². The van der Waals surface area contributed by atoms with Crippen LogP contribution in [-0.4, -0.2) is 17.9 Å². The molecular weight excluding hydrogens is 323 g/mol. The van der Waals surface area contributed by atoms with Crippen LogP contribution in [0.3, 0.4) is 0 Å². The van der Waals surface area contributed by atoms with E-state index < -0.39 is 6.17 Å². The Morgan fingerprint density at radius 2 is 1.88 bits per heavy atom. The fourth-order valence-electron chi connectivity index (χ4n) is 5.47. The van der Waals surface area contributed by atoms with Crippen LogP contribution in [0, 0.1) is 23.7 Å². The molecule has 0 aromatic carbocycles. The monoisotopic (exact) mass is 360 g/mol. The van der Waals surface area contributed by atoms with E-state index >= 15 is 0 Å². The maximum atomic E-state index is 13.2. The van der Waals surface area contributed by atoms with Crippen LogP contribution in [0.15, 0.2) is 28.4 Å². The van der Waals surface area contributed by atoms with E-state index in [1.165, 1.54) is 43.4 Å². The molecule has 0 spiro atoms. The van der Waals surface area contributed by atoms with Crippen molar-refractivity contribution >= 4 is 5.71 Å². The maximum Gasteiger partial charge on any atom is 0.0973 e. The van der Waals surface area contributed by atoms with Crippen molar-refractivity contribution in [2.45, 2.75) is 90.8 Å². The lowest BCUT2D eigenvalue weighted by Crippen LogP contribution is -2.42. The van der Waals surface area contributed by atoms with Crippen molar-refractivity contribution in [1.82, 2.24) is 0 Å². The Bertz CT molecular complexity index is 559. The highest BCUT2D eigenvalue weighted by molar-refractivity contribution is 5.95. The fraction of sp³-hybridized carbons (Fsp3) is 0.783. The number of hydrogen-bond acceptors (Lipinski definition) is 2. The van der Waals surface area contributed by atoms with Gasteiger partial charge in [-0.1, -0.05) is 31.1 Å². The van der Waals surface area contributed by atoms with Crippen LogP contribution < -0.4 is 5.73 Å². The second-order valence-corrected chi connectivity index (χ2v) is 9.03. The lowest BCUT2D eigenvalue weighted by atomic mass is 9.72. The Hall–Kier alpha value is -0.960. The summed E-state index contributed by atoms with van der Waals surface area (Å²) in [5, 5.41) is 0. The topological polar surface area (TPSA) is 38.4 Å². The van der Waals surface area contributed by atoms with E-state index in [-0.39, 0.29) is 6.04 Å². The summed E-state index contributed by atoms with van der Waals surface area (Å²) in [5.41, 5.74) is 10.6. The molecule has 2 N–H and O–H groups in total. The summed E-state index contributed by atoms with van der Waals surface area (Å²) < 4.78 is 13.2. The molecule has 0 aromatic heterocycles. The molecule has 0 radical (unpaired) electrons. The Morgan fingerprint density at radius 3 is 2.54 bits per heavy atom. The molecule has 1 heterocycles. The molecule has 0 aromatic rings. The summed E-state index contributed by atoms with van der Waals surface area (Å²) in [6, 6.07) is -0.0462. The predicted molar refractivity (Wildman–Crippen MR) is 109 cm³/mol. The molecule has 5 unspecified atom stereocenters. The van der Waals surface area contributed by atoms with E-state index in [0.29, 0.717) is 18.3 Å².